The van der Waals surface area contributed by atoms with Crippen molar-refractivity contribution < 1.29 is 9.90 Å². The molecule has 2 N–H and O–H groups in total. The summed E-state index contributed by atoms with van der Waals surface area (Å²) in [5, 5.41) is 11.7. The van der Waals surface area contributed by atoms with Gasteiger partial charge in [0.05, 0.1) is 0 Å². The molecule has 0 aliphatic carbocycles. The Balaban J connectivity index is 3.54. The van der Waals surface area contributed by atoms with Crippen LogP contribution in [0.15, 0.2) is 0 Å². The first-order valence-corrected chi connectivity index (χ1v) is 5.37. The van der Waals surface area contributed by atoms with Gasteiger partial charge in [-0.1, -0.05) is 0 Å². The highest BCUT2D eigenvalue weighted by molar-refractivity contribution is 7.98. The fourth-order valence-corrected chi connectivity index (χ4v) is 1.13. The number of rotatable bonds is 6. The SMILES string of the molecule is CSCCCNC(C)(C)C(=O)O. The number of hydrogen-bond donors (Lipinski definition) is 2. The van der Waals surface area contributed by atoms with Gasteiger partial charge in [0.2, 0.25) is 0 Å². The molecule has 0 unspecified atom stereocenters. The molecule has 0 rings (SSSR count). The minimum Gasteiger partial charge on any atom is -0.480 e. The zero-order valence-corrected chi connectivity index (χ0v) is 8.70. The van der Waals surface area contributed by atoms with E-state index in [4.69, 9.17) is 5.11 Å². The second kappa shape index (κ2) is 5.43. The van der Waals surface area contributed by atoms with Crippen molar-refractivity contribution in [1.29, 1.82) is 0 Å². The van der Waals surface area contributed by atoms with E-state index in [2.05, 4.69) is 5.32 Å². The lowest BCUT2D eigenvalue weighted by molar-refractivity contribution is -0.143. The van der Waals surface area contributed by atoms with Crippen LogP contribution in [-0.4, -0.2) is 35.2 Å². The lowest BCUT2D eigenvalue weighted by Crippen LogP contribution is -2.47. The minimum absolute atomic E-state index is 0.764. The van der Waals surface area contributed by atoms with Crippen molar-refractivity contribution in [2.45, 2.75) is 25.8 Å². The van der Waals surface area contributed by atoms with Crippen molar-refractivity contribution in [2.75, 3.05) is 18.6 Å². The Morgan fingerprint density at radius 3 is 2.58 bits per heavy atom. The van der Waals surface area contributed by atoms with Gasteiger partial charge in [-0.05, 0) is 38.8 Å². The largest absolute Gasteiger partial charge is 0.480 e. The van der Waals surface area contributed by atoms with Crippen LogP contribution in [0.5, 0.6) is 0 Å². The number of aliphatic carboxylic acids is 1. The lowest BCUT2D eigenvalue weighted by Gasteiger charge is -2.20. The predicted molar refractivity (Wildman–Crippen MR) is 52.7 cm³/mol. The van der Waals surface area contributed by atoms with Crippen LogP contribution >= 0.6 is 11.8 Å². The summed E-state index contributed by atoms with van der Waals surface area (Å²) in [5.74, 6) is 0.273. The molecule has 0 aliphatic heterocycles. The second-order valence-electron chi connectivity index (χ2n) is 3.20. The third kappa shape index (κ3) is 4.62. The van der Waals surface area contributed by atoms with Gasteiger partial charge < -0.3 is 10.4 Å². The molecule has 0 saturated heterocycles. The van der Waals surface area contributed by atoms with Gasteiger partial charge in [-0.3, -0.25) is 4.79 Å². The average molecular weight is 191 g/mol. The number of carboxylic acid groups (broad SMARTS) is 1. The van der Waals surface area contributed by atoms with Crippen molar-refractivity contribution in [1.82, 2.24) is 5.32 Å². The molecule has 0 aromatic rings. The Kier molecular flexibility index (Phi) is 5.33. The van der Waals surface area contributed by atoms with E-state index in [0.717, 1.165) is 18.7 Å². The van der Waals surface area contributed by atoms with Gasteiger partial charge in [0, 0.05) is 0 Å². The Labute approximate surface area is 77.9 Å². The highest BCUT2D eigenvalue weighted by atomic mass is 32.2. The molecule has 0 aromatic carbocycles. The molecule has 3 nitrogen and oxygen atoms in total. The quantitative estimate of drug-likeness (QED) is 0.619. The molecule has 12 heavy (non-hydrogen) atoms. The summed E-state index contributed by atoms with van der Waals surface area (Å²) in [4.78, 5) is 10.6. The first-order valence-electron chi connectivity index (χ1n) is 3.98. The first kappa shape index (κ1) is 11.8. The summed E-state index contributed by atoms with van der Waals surface area (Å²) in [5.41, 5.74) is -0.793. The molecule has 0 atom stereocenters. The highest BCUT2D eigenvalue weighted by Crippen LogP contribution is 2.02. The molecule has 0 spiro atoms. The molecule has 72 valence electrons. The molecular formula is C8H17NO2S. The highest BCUT2D eigenvalue weighted by Gasteiger charge is 2.25. The topological polar surface area (TPSA) is 49.3 Å². The number of carbonyl (C=O) groups is 1. The van der Waals surface area contributed by atoms with E-state index in [-0.39, 0.29) is 0 Å². The molecule has 4 heteroatoms. The van der Waals surface area contributed by atoms with Gasteiger partial charge >= 0.3 is 5.97 Å². The number of thioether (sulfide) groups is 1. The summed E-state index contributed by atoms with van der Waals surface area (Å²) in [7, 11) is 0. The Morgan fingerprint density at radius 2 is 2.17 bits per heavy atom. The second-order valence-corrected chi connectivity index (χ2v) is 4.19. The number of hydrogen-bond acceptors (Lipinski definition) is 3. The van der Waals surface area contributed by atoms with Gasteiger partial charge in [-0.25, -0.2) is 0 Å². The molecule has 0 amide bonds. The number of carboxylic acids is 1. The van der Waals surface area contributed by atoms with Crippen molar-refractivity contribution in [3.63, 3.8) is 0 Å². The van der Waals surface area contributed by atoms with Gasteiger partial charge in [-0.2, -0.15) is 11.8 Å². The van der Waals surface area contributed by atoms with Crippen LogP contribution in [0.1, 0.15) is 20.3 Å². The predicted octanol–water partition coefficient (Wildman–Crippen LogP) is 1.19. The molecule has 0 bridgehead atoms. The van der Waals surface area contributed by atoms with Crippen LogP contribution in [0.25, 0.3) is 0 Å². The van der Waals surface area contributed by atoms with Gasteiger partial charge in [0.1, 0.15) is 5.54 Å². The van der Waals surface area contributed by atoms with E-state index >= 15 is 0 Å². The summed E-state index contributed by atoms with van der Waals surface area (Å²) in [6.45, 7) is 4.11. The molecule has 0 fully saturated rings. The third-order valence-corrected chi connectivity index (χ3v) is 2.32. The van der Waals surface area contributed by atoms with Crippen molar-refractivity contribution >= 4 is 17.7 Å². The lowest BCUT2D eigenvalue weighted by atomic mass is 10.1. The van der Waals surface area contributed by atoms with E-state index in [1.807, 2.05) is 6.26 Å². The van der Waals surface area contributed by atoms with Crippen LogP contribution in [0.2, 0.25) is 0 Å². The van der Waals surface area contributed by atoms with E-state index in [1.165, 1.54) is 0 Å². The molecule has 0 aromatic heterocycles. The fourth-order valence-electron chi connectivity index (χ4n) is 0.693. The summed E-state index contributed by atoms with van der Waals surface area (Å²) in [6.07, 6.45) is 3.06. The van der Waals surface area contributed by atoms with Crippen LogP contribution in [0.3, 0.4) is 0 Å². The zero-order chi connectivity index (χ0) is 9.61. The van der Waals surface area contributed by atoms with Gasteiger partial charge in [0.25, 0.3) is 0 Å². The minimum atomic E-state index is -0.799. The van der Waals surface area contributed by atoms with Crippen molar-refractivity contribution in [3.05, 3.63) is 0 Å². The molecule has 0 aliphatic rings. The molecule has 0 radical (unpaired) electrons. The summed E-state index contributed by atoms with van der Waals surface area (Å²) < 4.78 is 0. The first-order chi connectivity index (χ1) is 5.50. The molecule has 0 saturated carbocycles. The van der Waals surface area contributed by atoms with E-state index in [0.29, 0.717) is 0 Å². The van der Waals surface area contributed by atoms with Crippen LogP contribution in [-0.2, 0) is 4.79 Å². The van der Waals surface area contributed by atoms with E-state index in [1.54, 1.807) is 25.6 Å². The maximum Gasteiger partial charge on any atom is 0.323 e. The monoisotopic (exact) mass is 191 g/mol. The Bertz CT molecular complexity index is 148. The van der Waals surface area contributed by atoms with Gasteiger partial charge in [-0.15, -0.1) is 0 Å². The van der Waals surface area contributed by atoms with Crippen molar-refractivity contribution in [2.24, 2.45) is 0 Å². The van der Waals surface area contributed by atoms with Gasteiger partial charge in [0.15, 0.2) is 0 Å². The average Bonchev–Trinajstić information content (AvgIpc) is 1.98. The molecule has 0 heterocycles. The Morgan fingerprint density at radius 1 is 1.58 bits per heavy atom. The van der Waals surface area contributed by atoms with Crippen molar-refractivity contribution in [3.8, 4) is 0 Å². The fraction of sp³-hybridized carbons (Fsp3) is 0.875. The summed E-state index contributed by atoms with van der Waals surface area (Å²) in [6, 6.07) is 0. The maximum atomic E-state index is 10.6. The van der Waals surface area contributed by atoms with E-state index in [9.17, 15) is 4.79 Å². The zero-order valence-electron chi connectivity index (χ0n) is 7.89. The van der Waals surface area contributed by atoms with E-state index < -0.39 is 11.5 Å². The van der Waals surface area contributed by atoms with Crippen LogP contribution in [0, 0.1) is 0 Å². The smallest absolute Gasteiger partial charge is 0.323 e. The normalized spacial score (nSPS) is 11.6. The maximum absolute atomic E-state index is 10.6. The summed E-state index contributed by atoms with van der Waals surface area (Å²) >= 11 is 1.77. The third-order valence-electron chi connectivity index (χ3n) is 1.63. The van der Waals surface area contributed by atoms with Crippen LogP contribution in [0.4, 0.5) is 0 Å². The van der Waals surface area contributed by atoms with Crippen LogP contribution < -0.4 is 5.32 Å². The standard InChI is InChI=1S/C8H17NO2S/c1-8(2,7(10)11)9-5-4-6-12-3/h9H,4-6H2,1-3H3,(H,10,11). The molecular weight excluding hydrogens is 174 g/mol. The number of nitrogens with one attached hydrogen (secondary N) is 1. The Hall–Kier alpha value is -0.220.